The zero-order valence-corrected chi connectivity index (χ0v) is 19.4. The third-order valence-electron chi connectivity index (χ3n) is 6.82. The molecule has 0 spiro atoms. The minimum Gasteiger partial charge on any atom is -0.378 e. The lowest BCUT2D eigenvalue weighted by Gasteiger charge is -2.27. The number of amides is 1. The topological polar surface area (TPSA) is 120 Å². The van der Waals surface area contributed by atoms with E-state index >= 15 is 0 Å². The number of aromatic nitrogens is 4. The molecule has 4 aromatic rings. The molecule has 1 aliphatic heterocycles. The van der Waals surface area contributed by atoms with Crippen molar-refractivity contribution in [1.29, 1.82) is 5.26 Å². The van der Waals surface area contributed by atoms with E-state index in [0.29, 0.717) is 60.3 Å². The number of hydrogen-bond donors (Lipinski definition) is 2. The molecule has 0 unspecified atom stereocenters. The number of hydrogen-bond acceptors (Lipinski definition) is 7. The average Bonchev–Trinajstić information content (AvgIpc) is 3.66. The van der Waals surface area contributed by atoms with Crippen LogP contribution in [-0.4, -0.2) is 57.0 Å². The molecule has 2 N–H and O–H groups in total. The summed E-state index contributed by atoms with van der Waals surface area (Å²) in [5, 5.41) is 15.5. The maximum atomic E-state index is 13.7. The fourth-order valence-corrected chi connectivity index (χ4v) is 4.83. The summed E-state index contributed by atoms with van der Waals surface area (Å²) < 4.78 is 5.46. The highest BCUT2D eigenvalue weighted by molar-refractivity contribution is 6.07. The largest absolute Gasteiger partial charge is 0.378 e. The number of H-pyrrole nitrogens is 1. The molecule has 0 radical (unpaired) electrons. The van der Waals surface area contributed by atoms with Gasteiger partial charge in [0, 0.05) is 24.7 Å². The Labute approximate surface area is 202 Å². The Morgan fingerprint density at radius 2 is 2.09 bits per heavy atom. The SMILES string of the molecule is C[C@H](Nc1ncnc2[nH]cc(C#N)c12)c1cc2cccc(C3CC3)c2c(C(=O)N2CCOCC2)n1. The summed E-state index contributed by atoms with van der Waals surface area (Å²) >= 11 is 0. The first kappa shape index (κ1) is 21.5. The number of morpholine rings is 1. The summed E-state index contributed by atoms with van der Waals surface area (Å²) in [4.78, 5) is 32.1. The lowest BCUT2D eigenvalue weighted by molar-refractivity contribution is 0.0300. The van der Waals surface area contributed by atoms with Crippen molar-refractivity contribution in [1.82, 2.24) is 24.8 Å². The lowest BCUT2D eigenvalue weighted by Crippen LogP contribution is -2.41. The van der Waals surface area contributed by atoms with Gasteiger partial charge in [0.05, 0.1) is 35.9 Å². The van der Waals surface area contributed by atoms with Crippen LogP contribution in [0.2, 0.25) is 0 Å². The summed E-state index contributed by atoms with van der Waals surface area (Å²) in [6.07, 6.45) is 5.37. The molecule has 4 heterocycles. The van der Waals surface area contributed by atoms with Gasteiger partial charge in [-0.15, -0.1) is 0 Å². The van der Waals surface area contributed by atoms with Crippen LogP contribution in [0.25, 0.3) is 21.8 Å². The van der Waals surface area contributed by atoms with Crippen LogP contribution >= 0.6 is 0 Å². The molecule has 9 nitrogen and oxygen atoms in total. The van der Waals surface area contributed by atoms with Gasteiger partial charge in [0.25, 0.3) is 5.91 Å². The molecule has 6 rings (SSSR count). The van der Waals surface area contributed by atoms with Crippen molar-refractivity contribution in [2.24, 2.45) is 0 Å². The van der Waals surface area contributed by atoms with Crippen LogP contribution < -0.4 is 5.32 Å². The first-order valence-electron chi connectivity index (χ1n) is 11.9. The van der Waals surface area contributed by atoms with E-state index in [2.05, 4.69) is 50.6 Å². The molecule has 2 fully saturated rings. The lowest BCUT2D eigenvalue weighted by atomic mass is 9.97. The molecule has 1 amide bonds. The van der Waals surface area contributed by atoms with Crippen molar-refractivity contribution in [3.05, 3.63) is 59.3 Å². The van der Waals surface area contributed by atoms with Crippen LogP contribution in [0.15, 0.2) is 36.8 Å². The molecule has 1 aliphatic carbocycles. The zero-order valence-electron chi connectivity index (χ0n) is 19.4. The molecule has 1 atom stereocenters. The Kier molecular flexibility index (Phi) is 5.30. The number of benzene rings is 1. The van der Waals surface area contributed by atoms with Gasteiger partial charge in [0.1, 0.15) is 29.6 Å². The molecular weight excluding hydrogens is 442 g/mol. The average molecular weight is 468 g/mol. The van der Waals surface area contributed by atoms with Crippen LogP contribution in [0.3, 0.4) is 0 Å². The van der Waals surface area contributed by atoms with E-state index in [0.717, 1.165) is 29.3 Å². The summed E-state index contributed by atoms with van der Waals surface area (Å²) in [6, 6.07) is 10.2. The number of carbonyl (C=O) groups is 1. The Morgan fingerprint density at radius 3 is 2.86 bits per heavy atom. The van der Waals surface area contributed by atoms with Gasteiger partial charge >= 0.3 is 0 Å². The van der Waals surface area contributed by atoms with Gasteiger partial charge in [-0.1, -0.05) is 18.2 Å². The Balaban J connectivity index is 1.43. The standard InChI is InChI=1S/C26H25N7O2/c1-15(31-25-22-18(12-27)13-28-24(22)29-14-30-25)20-11-17-3-2-4-19(16-5-6-16)21(17)23(32-20)26(34)33-7-9-35-10-8-33/h2-4,11,13-16H,5-10H2,1H3,(H2,28,29,30,31)/t15-/m0/s1. The highest BCUT2D eigenvalue weighted by Gasteiger charge is 2.30. The molecule has 2 aliphatic rings. The highest BCUT2D eigenvalue weighted by atomic mass is 16.5. The number of carbonyl (C=O) groups excluding carboxylic acids is 1. The van der Waals surface area contributed by atoms with Gasteiger partial charge in [0.2, 0.25) is 0 Å². The highest BCUT2D eigenvalue weighted by Crippen LogP contribution is 2.44. The van der Waals surface area contributed by atoms with Crippen LogP contribution in [0.1, 0.15) is 59.0 Å². The molecular formula is C26H25N7O2. The minimum atomic E-state index is -0.264. The second-order valence-corrected chi connectivity index (χ2v) is 9.15. The molecule has 1 saturated heterocycles. The number of rotatable bonds is 5. The molecule has 1 saturated carbocycles. The number of nitrogens with zero attached hydrogens (tertiary/aromatic N) is 5. The molecule has 1 aromatic carbocycles. The smallest absolute Gasteiger partial charge is 0.273 e. The van der Waals surface area contributed by atoms with E-state index in [4.69, 9.17) is 9.72 Å². The summed E-state index contributed by atoms with van der Waals surface area (Å²) in [6.45, 7) is 4.19. The second-order valence-electron chi connectivity index (χ2n) is 9.15. The Hall–Kier alpha value is -4.03. The number of nitrogens with one attached hydrogen (secondary N) is 2. The van der Waals surface area contributed by atoms with Crippen molar-refractivity contribution in [3.8, 4) is 6.07 Å². The van der Waals surface area contributed by atoms with Gasteiger partial charge < -0.3 is 19.9 Å². The van der Waals surface area contributed by atoms with Gasteiger partial charge in [-0.3, -0.25) is 4.79 Å². The predicted octanol–water partition coefficient (Wildman–Crippen LogP) is 3.90. The maximum absolute atomic E-state index is 13.7. The van der Waals surface area contributed by atoms with E-state index in [1.807, 2.05) is 11.8 Å². The molecule has 35 heavy (non-hydrogen) atoms. The normalized spacial score (nSPS) is 16.9. The van der Waals surface area contributed by atoms with Crippen molar-refractivity contribution < 1.29 is 9.53 Å². The summed E-state index contributed by atoms with van der Waals surface area (Å²) in [5.74, 6) is 0.989. The third-order valence-corrected chi connectivity index (χ3v) is 6.82. The van der Waals surface area contributed by atoms with Crippen molar-refractivity contribution >= 4 is 33.5 Å². The zero-order chi connectivity index (χ0) is 23.9. The monoisotopic (exact) mass is 467 g/mol. The first-order chi connectivity index (χ1) is 17.1. The van der Waals surface area contributed by atoms with Crippen LogP contribution in [0.4, 0.5) is 5.82 Å². The van der Waals surface area contributed by atoms with Crippen LogP contribution in [-0.2, 0) is 4.74 Å². The number of ether oxygens (including phenoxy) is 1. The number of nitriles is 1. The predicted molar refractivity (Wildman–Crippen MR) is 131 cm³/mol. The van der Waals surface area contributed by atoms with E-state index in [9.17, 15) is 10.1 Å². The maximum Gasteiger partial charge on any atom is 0.273 e. The van der Waals surface area contributed by atoms with Gasteiger partial charge in [0.15, 0.2) is 0 Å². The molecule has 0 bridgehead atoms. The van der Waals surface area contributed by atoms with Crippen LogP contribution in [0, 0.1) is 11.3 Å². The van der Waals surface area contributed by atoms with E-state index in [1.165, 1.54) is 11.9 Å². The van der Waals surface area contributed by atoms with E-state index < -0.39 is 0 Å². The van der Waals surface area contributed by atoms with Gasteiger partial charge in [-0.25, -0.2) is 15.0 Å². The van der Waals surface area contributed by atoms with Crippen molar-refractivity contribution in [2.45, 2.75) is 31.7 Å². The third kappa shape index (κ3) is 3.86. The number of anilines is 1. The van der Waals surface area contributed by atoms with Crippen molar-refractivity contribution in [2.75, 3.05) is 31.6 Å². The summed E-state index contributed by atoms with van der Waals surface area (Å²) in [7, 11) is 0. The number of pyridine rings is 1. The van der Waals surface area contributed by atoms with E-state index in [1.54, 1.807) is 6.20 Å². The Morgan fingerprint density at radius 1 is 1.26 bits per heavy atom. The summed E-state index contributed by atoms with van der Waals surface area (Å²) in [5.41, 5.74) is 3.52. The van der Waals surface area contributed by atoms with Gasteiger partial charge in [-0.05, 0) is 42.7 Å². The quantitative estimate of drug-likeness (QED) is 0.457. The second kappa shape index (κ2) is 8.64. The van der Waals surface area contributed by atoms with E-state index in [-0.39, 0.29) is 11.9 Å². The first-order valence-corrected chi connectivity index (χ1v) is 11.9. The molecule has 3 aromatic heterocycles. The number of aromatic amines is 1. The Bertz CT molecular complexity index is 1480. The number of fused-ring (bicyclic) bond motifs is 2. The fraction of sp³-hybridized carbons (Fsp3) is 0.346. The molecule has 9 heteroatoms. The molecule has 176 valence electrons. The van der Waals surface area contributed by atoms with Crippen molar-refractivity contribution in [3.63, 3.8) is 0 Å². The minimum absolute atomic E-state index is 0.0534. The van der Waals surface area contributed by atoms with Crippen LogP contribution in [0.5, 0.6) is 0 Å². The van der Waals surface area contributed by atoms with Gasteiger partial charge in [-0.2, -0.15) is 5.26 Å². The fourth-order valence-electron chi connectivity index (χ4n) is 4.83.